The molecule has 2 N–H and O–H groups in total. The molecule has 37 heavy (non-hydrogen) atoms. The number of pyridine rings is 1. The topological polar surface area (TPSA) is 102 Å². The van der Waals surface area contributed by atoms with Gasteiger partial charge in [-0.1, -0.05) is 18.2 Å². The van der Waals surface area contributed by atoms with Crippen molar-refractivity contribution in [1.29, 1.82) is 0 Å². The van der Waals surface area contributed by atoms with E-state index in [4.69, 9.17) is 14.2 Å². The summed E-state index contributed by atoms with van der Waals surface area (Å²) in [5.41, 5.74) is 5.01. The predicted molar refractivity (Wildman–Crippen MR) is 140 cm³/mol. The van der Waals surface area contributed by atoms with Gasteiger partial charge in [-0.05, 0) is 29.8 Å². The fourth-order valence-electron chi connectivity index (χ4n) is 4.83. The number of methoxy groups -OCH3 is 1. The van der Waals surface area contributed by atoms with Crippen molar-refractivity contribution < 1.29 is 14.2 Å². The number of fused-ring (bicyclic) bond motifs is 2. The SMILES string of the molecule is COc1ccnc(CNc2ccc3c(c2)Cc2cccc(C4CN(c5cc[nH]c(=O)c5)CCO4)c2O3)n1. The van der Waals surface area contributed by atoms with Gasteiger partial charge >= 0.3 is 0 Å². The van der Waals surface area contributed by atoms with E-state index in [9.17, 15) is 4.79 Å². The molecule has 9 nitrogen and oxygen atoms in total. The van der Waals surface area contributed by atoms with Crippen molar-refractivity contribution in [2.45, 2.75) is 19.1 Å². The highest BCUT2D eigenvalue weighted by Crippen LogP contribution is 2.43. The van der Waals surface area contributed by atoms with Crippen molar-refractivity contribution in [2.24, 2.45) is 0 Å². The number of anilines is 2. The summed E-state index contributed by atoms with van der Waals surface area (Å²) >= 11 is 0. The van der Waals surface area contributed by atoms with E-state index in [1.807, 2.05) is 18.2 Å². The molecule has 2 aliphatic heterocycles. The van der Waals surface area contributed by atoms with Crippen molar-refractivity contribution in [3.8, 4) is 17.4 Å². The first-order valence-electron chi connectivity index (χ1n) is 12.2. The Bertz CT molecular complexity index is 1490. The van der Waals surface area contributed by atoms with Gasteiger partial charge in [0.05, 0.1) is 20.3 Å². The van der Waals surface area contributed by atoms with E-state index in [0.29, 0.717) is 31.4 Å². The quantitative estimate of drug-likeness (QED) is 0.362. The van der Waals surface area contributed by atoms with Crippen LogP contribution in [-0.2, 0) is 17.7 Å². The molecule has 2 aliphatic rings. The number of hydrogen-bond donors (Lipinski definition) is 2. The highest BCUT2D eigenvalue weighted by Gasteiger charge is 2.28. The number of benzene rings is 2. The van der Waals surface area contributed by atoms with Crippen LogP contribution in [0, 0.1) is 0 Å². The molecular formula is C28H27N5O4. The van der Waals surface area contributed by atoms with Gasteiger partial charge in [0.1, 0.15) is 17.6 Å². The van der Waals surface area contributed by atoms with Crippen molar-refractivity contribution in [3.05, 3.63) is 99.9 Å². The van der Waals surface area contributed by atoms with Crippen molar-refractivity contribution in [1.82, 2.24) is 15.0 Å². The second kappa shape index (κ2) is 9.94. The average molecular weight is 498 g/mol. The molecule has 0 aliphatic carbocycles. The maximum Gasteiger partial charge on any atom is 0.249 e. The molecule has 1 saturated heterocycles. The number of morpholine rings is 1. The zero-order valence-electron chi connectivity index (χ0n) is 20.4. The molecule has 0 radical (unpaired) electrons. The van der Waals surface area contributed by atoms with E-state index in [1.54, 1.807) is 31.6 Å². The normalized spacial score (nSPS) is 16.4. The van der Waals surface area contributed by atoms with Gasteiger partial charge in [-0.25, -0.2) is 4.98 Å². The van der Waals surface area contributed by atoms with Crippen molar-refractivity contribution in [2.75, 3.05) is 37.0 Å². The molecule has 9 heteroatoms. The van der Waals surface area contributed by atoms with Crippen LogP contribution in [0.25, 0.3) is 0 Å². The molecule has 1 unspecified atom stereocenters. The Balaban J connectivity index is 1.19. The molecule has 0 bridgehead atoms. The van der Waals surface area contributed by atoms with E-state index in [2.05, 4.69) is 49.4 Å². The van der Waals surface area contributed by atoms with E-state index in [0.717, 1.165) is 52.5 Å². The molecule has 2 aromatic carbocycles. The Kier molecular flexibility index (Phi) is 6.20. The number of hydrogen-bond acceptors (Lipinski definition) is 8. The molecule has 0 spiro atoms. The predicted octanol–water partition coefficient (Wildman–Crippen LogP) is 4.06. The first kappa shape index (κ1) is 23.1. The van der Waals surface area contributed by atoms with Gasteiger partial charge in [0.25, 0.3) is 0 Å². The zero-order valence-corrected chi connectivity index (χ0v) is 20.4. The fourth-order valence-corrected chi connectivity index (χ4v) is 4.83. The minimum absolute atomic E-state index is 0.109. The van der Waals surface area contributed by atoms with Crippen LogP contribution < -0.4 is 25.2 Å². The highest BCUT2D eigenvalue weighted by atomic mass is 16.5. The Labute approximate surface area is 214 Å². The number of ether oxygens (including phenoxy) is 3. The second-order valence-corrected chi connectivity index (χ2v) is 9.02. The van der Waals surface area contributed by atoms with E-state index in [-0.39, 0.29) is 11.7 Å². The van der Waals surface area contributed by atoms with Gasteiger partial charge < -0.3 is 29.4 Å². The monoisotopic (exact) mass is 497 g/mol. The first-order chi connectivity index (χ1) is 18.2. The maximum atomic E-state index is 11.8. The fraction of sp³-hybridized carbons (Fsp3) is 0.250. The number of aromatic amines is 1. The second-order valence-electron chi connectivity index (χ2n) is 9.02. The Morgan fingerprint density at radius 1 is 1.16 bits per heavy atom. The van der Waals surface area contributed by atoms with Crippen molar-refractivity contribution in [3.63, 3.8) is 0 Å². The zero-order chi connectivity index (χ0) is 25.2. The molecule has 2 aromatic heterocycles. The van der Waals surface area contributed by atoms with Gasteiger partial charge in [-0.15, -0.1) is 0 Å². The van der Waals surface area contributed by atoms with Crippen molar-refractivity contribution >= 4 is 11.4 Å². The lowest BCUT2D eigenvalue weighted by Gasteiger charge is -2.36. The van der Waals surface area contributed by atoms with Gasteiger partial charge in [-0.2, -0.15) is 4.98 Å². The van der Waals surface area contributed by atoms with E-state index in [1.165, 1.54) is 0 Å². The summed E-state index contributed by atoms with van der Waals surface area (Å²) < 4.78 is 17.8. The van der Waals surface area contributed by atoms with Crippen LogP contribution in [0.5, 0.6) is 17.4 Å². The number of H-pyrrole nitrogens is 1. The lowest BCUT2D eigenvalue weighted by Crippen LogP contribution is -2.39. The molecule has 1 fully saturated rings. The van der Waals surface area contributed by atoms with Gasteiger partial charge in [0.2, 0.25) is 11.4 Å². The number of rotatable bonds is 6. The number of para-hydroxylation sites is 1. The molecule has 188 valence electrons. The summed E-state index contributed by atoms with van der Waals surface area (Å²) in [4.78, 5) is 25.3. The van der Waals surface area contributed by atoms with E-state index >= 15 is 0 Å². The summed E-state index contributed by atoms with van der Waals surface area (Å²) in [5, 5.41) is 3.39. The van der Waals surface area contributed by atoms with Crippen LogP contribution in [0.3, 0.4) is 0 Å². The summed E-state index contributed by atoms with van der Waals surface area (Å²) in [6.45, 7) is 2.44. The van der Waals surface area contributed by atoms with Gasteiger partial charge in [0.15, 0.2) is 5.82 Å². The Hall–Kier alpha value is -4.37. The van der Waals surface area contributed by atoms with E-state index < -0.39 is 0 Å². The summed E-state index contributed by atoms with van der Waals surface area (Å²) in [5.74, 6) is 2.90. The lowest BCUT2D eigenvalue weighted by atomic mass is 9.95. The number of nitrogens with zero attached hydrogens (tertiary/aromatic N) is 3. The molecule has 6 rings (SSSR count). The van der Waals surface area contributed by atoms with Gasteiger partial charge in [-0.3, -0.25) is 4.79 Å². The number of nitrogens with one attached hydrogen (secondary N) is 2. The van der Waals surface area contributed by atoms with Crippen LogP contribution in [-0.4, -0.2) is 41.8 Å². The molecule has 4 heterocycles. The Morgan fingerprint density at radius 3 is 3.00 bits per heavy atom. The molecule has 0 amide bonds. The molecule has 0 saturated carbocycles. The first-order valence-corrected chi connectivity index (χ1v) is 12.2. The Morgan fingerprint density at radius 2 is 2.11 bits per heavy atom. The third-order valence-electron chi connectivity index (χ3n) is 6.66. The van der Waals surface area contributed by atoms with Gasteiger partial charge in [0, 0.05) is 66.5 Å². The maximum absolute atomic E-state index is 11.8. The third-order valence-corrected chi connectivity index (χ3v) is 6.66. The van der Waals surface area contributed by atoms with Crippen LogP contribution in [0.4, 0.5) is 11.4 Å². The summed E-state index contributed by atoms with van der Waals surface area (Å²) in [7, 11) is 1.59. The average Bonchev–Trinajstić information content (AvgIpc) is 2.94. The van der Waals surface area contributed by atoms with Crippen LogP contribution >= 0.6 is 0 Å². The highest BCUT2D eigenvalue weighted by molar-refractivity contribution is 5.59. The molecule has 4 aromatic rings. The standard InChI is InChI=1S/C28H27N5O4/c1-35-27-8-10-29-25(32-27)16-31-20-5-6-23-19(14-20)13-18-3-2-4-22(28(18)37-23)24-17-33(11-12-36-24)21-7-9-30-26(34)15-21/h2-10,14-15,24,31H,11-13,16-17H2,1H3,(H,30,34). The summed E-state index contributed by atoms with van der Waals surface area (Å²) in [6, 6.07) is 17.6. The van der Waals surface area contributed by atoms with Crippen LogP contribution in [0.1, 0.15) is 28.6 Å². The third kappa shape index (κ3) is 4.85. The van der Waals surface area contributed by atoms with Crippen LogP contribution in [0.2, 0.25) is 0 Å². The van der Waals surface area contributed by atoms with Crippen LogP contribution in [0.15, 0.2) is 71.8 Å². The molecular weight excluding hydrogens is 470 g/mol. The number of aromatic nitrogens is 3. The molecule has 1 atom stereocenters. The minimum atomic E-state index is -0.159. The smallest absolute Gasteiger partial charge is 0.249 e. The minimum Gasteiger partial charge on any atom is -0.481 e. The largest absolute Gasteiger partial charge is 0.481 e. The lowest BCUT2D eigenvalue weighted by molar-refractivity contribution is 0.0384. The summed E-state index contributed by atoms with van der Waals surface area (Å²) in [6.07, 6.45) is 3.97.